The summed E-state index contributed by atoms with van der Waals surface area (Å²) in [7, 11) is 0. The topological polar surface area (TPSA) is 36.4 Å². The first kappa shape index (κ1) is 16.8. The summed E-state index contributed by atoms with van der Waals surface area (Å²) in [6, 6.07) is 27.0. The van der Waals surface area contributed by atoms with E-state index >= 15 is 0 Å². The van der Waals surface area contributed by atoms with Crippen molar-refractivity contribution in [1.82, 2.24) is 9.88 Å². The standard InChI is InChI=1S/C24H20N3O/c28-24(27-16-14-26(15-17-27)18-8-2-1-3-9-18)23-19-10-4-6-12-21(19)25-22-13-7-5-11-20(22)23/h1-2,4-13H,14-17H2. The first-order chi connectivity index (χ1) is 13.8. The molecule has 1 aliphatic heterocycles. The van der Waals surface area contributed by atoms with Gasteiger partial charge >= 0.3 is 0 Å². The van der Waals surface area contributed by atoms with Crippen molar-refractivity contribution in [3.05, 3.63) is 84.4 Å². The molecule has 0 bridgehead atoms. The van der Waals surface area contributed by atoms with Crippen LogP contribution in [0.1, 0.15) is 10.4 Å². The molecule has 5 rings (SSSR count). The van der Waals surface area contributed by atoms with Gasteiger partial charge in [0.05, 0.1) is 16.6 Å². The van der Waals surface area contributed by atoms with Crippen LogP contribution in [0.3, 0.4) is 0 Å². The van der Waals surface area contributed by atoms with E-state index in [1.54, 1.807) is 0 Å². The molecule has 1 fully saturated rings. The van der Waals surface area contributed by atoms with Gasteiger partial charge in [-0.05, 0) is 30.3 Å². The van der Waals surface area contributed by atoms with Gasteiger partial charge in [0.1, 0.15) is 0 Å². The maximum Gasteiger partial charge on any atom is 0.255 e. The highest BCUT2D eigenvalue weighted by Crippen LogP contribution is 2.28. The lowest BCUT2D eigenvalue weighted by Crippen LogP contribution is -2.48. The number of piperazine rings is 1. The number of hydrogen-bond acceptors (Lipinski definition) is 3. The number of carbonyl (C=O) groups is 1. The summed E-state index contributed by atoms with van der Waals surface area (Å²) in [5.41, 5.74) is 3.66. The van der Waals surface area contributed by atoms with Gasteiger partial charge in [0.25, 0.3) is 5.91 Å². The molecule has 0 atom stereocenters. The predicted molar refractivity (Wildman–Crippen MR) is 113 cm³/mol. The third-order valence-corrected chi connectivity index (χ3v) is 5.42. The zero-order valence-electron chi connectivity index (χ0n) is 15.5. The molecular formula is C24H20N3O. The molecule has 4 aromatic rings. The van der Waals surface area contributed by atoms with Crippen LogP contribution >= 0.6 is 0 Å². The van der Waals surface area contributed by atoms with Crippen LogP contribution in [0.4, 0.5) is 5.69 Å². The Labute approximate surface area is 164 Å². The maximum absolute atomic E-state index is 13.5. The molecule has 0 saturated carbocycles. The zero-order valence-corrected chi connectivity index (χ0v) is 15.5. The van der Waals surface area contributed by atoms with Crippen LogP contribution in [-0.4, -0.2) is 42.0 Å². The first-order valence-electron chi connectivity index (χ1n) is 9.59. The molecule has 0 unspecified atom stereocenters. The van der Waals surface area contributed by atoms with Gasteiger partial charge in [0.2, 0.25) is 0 Å². The van der Waals surface area contributed by atoms with E-state index in [9.17, 15) is 4.79 Å². The number of aromatic nitrogens is 1. The summed E-state index contributed by atoms with van der Waals surface area (Å²) in [5, 5.41) is 1.84. The fourth-order valence-electron chi connectivity index (χ4n) is 3.98. The number of rotatable bonds is 2. The van der Waals surface area contributed by atoms with Gasteiger partial charge in [-0.25, -0.2) is 4.98 Å². The van der Waals surface area contributed by atoms with Gasteiger partial charge in [-0.15, -0.1) is 0 Å². The Morgan fingerprint density at radius 3 is 2.07 bits per heavy atom. The Morgan fingerprint density at radius 2 is 1.46 bits per heavy atom. The monoisotopic (exact) mass is 366 g/mol. The van der Waals surface area contributed by atoms with Crippen molar-refractivity contribution in [2.45, 2.75) is 0 Å². The molecule has 4 heteroatoms. The lowest BCUT2D eigenvalue weighted by molar-refractivity contribution is 0.0750. The molecule has 2 heterocycles. The summed E-state index contributed by atoms with van der Waals surface area (Å²) in [6.45, 7) is 3.06. The average molecular weight is 366 g/mol. The molecular weight excluding hydrogens is 346 g/mol. The van der Waals surface area contributed by atoms with E-state index in [1.807, 2.05) is 71.6 Å². The van der Waals surface area contributed by atoms with Gasteiger partial charge < -0.3 is 9.80 Å². The number of hydrogen-bond donors (Lipinski definition) is 0. The molecule has 0 N–H and O–H groups in total. The number of fused-ring (bicyclic) bond motifs is 2. The van der Waals surface area contributed by atoms with Gasteiger partial charge in [0, 0.05) is 42.6 Å². The summed E-state index contributed by atoms with van der Waals surface area (Å²) >= 11 is 0. The Hall–Kier alpha value is -3.40. The molecule has 1 radical (unpaired) electrons. The molecule has 1 aliphatic rings. The molecule has 0 spiro atoms. The molecule has 1 saturated heterocycles. The SMILES string of the molecule is O=C(c1c2ccccc2nc2ccccc12)N1CCN(c2c[c]ccc2)CC1. The van der Waals surface area contributed by atoms with Crippen LogP contribution in [0.25, 0.3) is 21.8 Å². The summed E-state index contributed by atoms with van der Waals surface area (Å²) in [6.07, 6.45) is 0. The molecule has 4 nitrogen and oxygen atoms in total. The Kier molecular flexibility index (Phi) is 4.17. The average Bonchev–Trinajstić information content (AvgIpc) is 2.77. The van der Waals surface area contributed by atoms with Crippen LogP contribution in [-0.2, 0) is 0 Å². The van der Waals surface area contributed by atoms with Gasteiger partial charge in [0.15, 0.2) is 0 Å². The van der Waals surface area contributed by atoms with Gasteiger partial charge in [-0.2, -0.15) is 0 Å². The smallest absolute Gasteiger partial charge is 0.255 e. The number of para-hydroxylation sites is 2. The summed E-state index contributed by atoms with van der Waals surface area (Å²) in [4.78, 5) is 22.6. The van der Waals surface area contributed by atoms with Crippen molar-refractivity contribution < 1.29 is 4.79 Å². The number of nitrogens with zero attached hydrogens (tertiary/aromatic N) is 3. The van der Waals surface area contributed by atoms with Crippen LogP contribution in [0.2, 0.25) is 0 Å². The minimum Gasteiger partial charge on any atom is -0.368 e. The van der Waals surface area contributed by atoms with Crippen molar-refractivity contribution in [2.75, 3.05) is 31.1 Å². The van der Waals surface area contributed by atoms with Crippen molar-refractivity contribution in [2.24, 2.45) is 0 Å². The maximum atomic E-state index is 13.5. The van der Waals surface area contributed by atoms with E-state index in [1.165, 1.54) is 0 Å². The quantitative estimate of drug-likeness (QED) is 0.500. The largest absolute Gasteiger partial charge is 0.368 e. The molecule has 0 aliphatic carbocycles. The second kappa shape index (κ2) is 6.97. The number of benzene rings is 3. The fraction of sp³-hybridized carbons (Fsp3) is 0.167. The van der Waals surface area contributed by atoms with Crippen molar-refractivity contribution >= 4 is 33.4 Å². The van der Waals surface area contributed by atoms with Crippen LogP contribution < -0.4 is 4.90 Å². The predicted octanol–water partition coefficient (Wildman–Crippen LogP) is 4.15. The molecule has 1 aromatic heterocycles. The Morgan fingerprint density at radius 1 is 0.821 bits per heavy atom. The normalized spacial score (nSPS) is 14.6. The highest BCUT2D eigenvalue weighted by molar-refractivity contribution is 6.16. The van der Waals surface area contributed by atoms with E-state index in [4.69, 9.17) is 4.98 Å². The van der Waals surface area contributed by atoms with E-state index in [2.05, 4.69) is 17.0 Å². The molecule has 137 valence electrons. The third-order valence-electron chi connectivity index (χ3n) is 5.42. The number of anilines is 1. The van der Waals surface area contributed by atoms with Crippen LogP contribution in [0.5, 0.6) is 0 Å². The second-order valence-corrected chi connectivity index (χ2v) is 7.06. The molecule has 28 heavy (non-hydrogen) atoms. The minimum absolute atomic E-state index is 0.0917. The highest BCUT2D eigenvalue weighted by atomic mass is 16.2. The van der Waals surface area contributed by atoms with E-state index in [0.717, 1.165) is 46.1 Å². The third kappa shape index (κ3) is 2.87. The lowest BCUT2D eigenvalue weighted by atomic mass is 10.0. The molecule has 3 aromatic carbocycles. The summed E-state index contributed by atoms with van der Waals surface area (Å²) in [5.74, 6) is 0.0917. The van der Waals surface area contributed by atoms with E-state index in [0.29, 0.717) is 13.1 Å². The zero-order chi connectivity index (χ0) is 18.9. The van der Waals surface area contributed by atoms with Crippen molar-refractivity contribution in [1.29, 1.82) is 0 Å². The minimum atomic E-state index is 0.0917. The number of carbonyl (C=O) groups excluding carboxylic acids is 1. The number of pyridine rings is 1. The lowest BCUT2D eigenvalue weighted by Gasteiger charge is -2.36. The number of amides is 1. The van der Waals surface area contributed by atoms with Crippen molar-refractivity contribution in [3.63, 3.8) is 0 Å². The van der Waals surface area contributed by atoms with Gasteiger partial charge in [-0.3, -0.25) is 4.79 Å². The molecule has 1 amide bonds. The first-order valence-corrected chi connectivity index (χ1v) is 9.59. The van der Waals surface area contributed by atoms with E-state index in [-0.39, 0.29) is 5.91 Å². The Balaban J connectivity index is 1.49. The van der Waals surface area contributed by atoms with Gasteiger partial charge in [-0.1, -0.05) is 48.5 Å². The van der Waals surface area contributed by atoms with E-state index < -0.39 is 0 Å². The van der Waals surface area contributed by atoms with Crippen LogP contribution in [0.15, 0.2) is 72.8 Å². The highest BCUT2D eigenvalue weighted by Gasteiger charge is 2.25. The van der Waals surface area contributed by atoms with Crippen LogP contribution in [0, 0.1) is 6.07 Å². The second-order valence-electron chi connectivity index (χ2n) is 7.06. The fourth-order valence-corrected chi connectivity index (χ4v) is 3.98. The summed E-state index contributed by atoms with van der Waals surface area (Å²) < 4.78 is 0. The Bertz CT molecular complexity index is 1090. The van der Waals surface area contributed by atoms with Crippen molar-refractivity contribution in [3.8, 4) is 0 Å².